The molecule has 0 spiro atoms. The van der Waals surface area contributed by atoms with E-state index in [-0.39, 0.29) is 56.1 Å². The predicted octanol–water partition coefficient (Wildman–Crippen LogP) is 23.4. The third kappa shape index (κ3) is 27.2. The molecule has 1 fully saturated rings. The highest BCUT2D eigenvalue weighted by Gasteiger charge is 2.22. The number of carbonyl (C=O) groups is 4. The standard InChI is InChI=1S/C21H25NO2.2C18H21NO.C17H20N2O.2C16H16N2/c1-21(2,3)19-10-8-17(9-11-19)16-4-6-18(7-5-16)20(23)22-12-14-24-15-13-22;1-18(2,3)16-11-9-14(10-12-16)13-5-7-15(8-6-13)17(20)19-4;1-18(2,3)16-10-8-13(9-11-16)14-6-5-7-15(12-14)17(20)19-4;1-17(2,3)14-8-5-12(6-9-14)13-7-10-15(19-11-13)16(20)18-4;1-16(2,3)14-7-4-12(5-8-14)13-6-9-15(10-17)18-11-13;1-16(2,3)15-6-4-13(5-7-15)14-8-12(9-17)10-18-11-14/h4-11H,12-15H2,1-3H3;2*5-12H,1-4H3,(H,19,20);5-11H,1-4H3,(H,18,20);4-9,11H,1-3H3;4-8,10-11H,1-3H3. The average Bonchev–Trinajstić information content (AvgIpc) is 0.854. The van der Waals surface area contributed by atoms with E-state index in [1.165, 1.54) is 44.5 Å². The Morgan fingerprint density at radius 2 is 0.633 bits per heavy atom. The number of nitrogens with one attached hydrogen (secondary N) is 3. The average molecular weight is 1600 g/mol. The molecule has 4 heterocycles. The molecule has 120 heavy (non-hydrogen) atoms. The molecule has 3 N–H and O–H groups in total. The van der Waals surface area contributed by atoms with Gasteiger partial charge in [0.05, 0.1) is 18.8 Å². The molecule has 3 aromatic heterocycles. The molecule has 1 aliphatic rings. The zero-order chi connectivity index (χ0) is 87.8. The molecule has 12 aromatic rings. The second-order valence-corrected chi connectivity index (χ2v) is 35.9. The van der Waals surface area contributed by atoms with Gasteiger partial charge in [0.15, 0.2) is 0 Å². The van der Waals surface area contributed by atoms with Crippen LogP contribution in [-0.4, -0.2) is 90.9 Å². The molecule has 0 unspecified atom stereocenters. The summed E-state index contributed by atoms with van der Waals surface area (Å²) in [5.74, 6) is -0.189. The Bertz CT molecular complexity index is 5300. The zero-order valence-electron chi connectivity index (χ0n) is 74.0. The molecule has 14 heteroatoms. The van der Waals surface area contributed by atoms with Gasteiger partial charge in [-0.15, -0.1) is 0 Å². The molecule has 0 saturated carbocycles. The van der Waals surface area contributed by atoms with E-state index < -0.39 is 0 Å². The highest BCUT2D eigenvalue weighted by molar-refractivity contribution is 5.96. The lowest BCUT2D eigenvalue weighted by Gasteiger charge is -2.26. The lowest BCUT2D eigenvalue weighted by atomic mass is 9.86. The molecular formula is C106H119N9O5. The Morgan fingerprint density at radius 3 is 0.958 bits per heavy atom. The van der Waals surface area contributed by atoms with Gasteiger partial charge in [0.2, 0.25) is 0 Å². The highest BCUT2D eigenvalue weighted by Crippen LogP contribution is 2.33. The summed E-state index contributed by atoms with van der Waals surface area (Å²) in [6, 6.07) is 87.8. The Kier molecular flexibility index (Phi) is 32.1. The number of aromatic nitrogens is 3. The van der Waals surface area contributed by atoms with E-state index in [0.29, 0.717) is 54.4 Å². The molecule has 1 saturated heterocycles. The first-order valence-electron chi connectivity index (χ1n) is 40.9. The Morgan fingerprint density at radius 1 is 0.317 bits per heavy atom. The van der Waals surface area contributed by atoms with Gasteiger partial charge in [0, 0.05) is 92.4 Å². The summed E-state index contributed by atoms with van der Waals surface area (Å²) in [5, 5.41) is 25.4. The summed E-state index contributed by atoms with van der Waals surface area (Å²) in [7, 11) is 4.89. The molecule has 618 valence electrons. The van der Waals surface area contributed by atoms with E-state index in [1.54, 1.807) is 58.1 Å². The minimum absolute atomic E-state index is 0.0559. The topological polar surface area (TPSA) is 203 Å². The van der Waals surface area contributed by atoms with Crippen molar-refractivity contribution in [3.8, 4) is 78.9 Å². The van der Waals surface area contributed by atoms with Crippen molar-refractivity contribution in [1.29, 1.82) is 10.5 Å². The number of nitrogens with zero attached hydrogens (tertiary/aromatic N) is 6. The van der Waals surface area contributed by atoms with E-state index in [4.69, 9.17) is 15.3 Å². The number of carbonyl (C=O) groups excluding carboxylic acids is 4. The molecule has 4 amide bonds. The number of pyridine rings is 3. The summed E-state index contributed by atoms with van der Waals surface area (Å²) in [6.45, 7) is 42.3. The van der Waals surface area contributed by atoms with Gasteiger partial charge in [-0.05, 0) is 177 Å². The minimum atomic E-state index is -0.167. The van der Waals surface area contributed by atoms with Crippen LogP contribution in [0.3, 0.4) is 0 Å². The van der Waals surface area contributed by atoms with Crippen LogP contribution in [0.4, 0.5) is 0 Å². The molecule has 0 bridgehead atoms. The first-order chi connectivity index (χ1) is 56.7. The first-order valence-corrected chi connectivity index (χ1v) is 40.9. The molecular weight excluding hydrogens is 1480 g/mol. The van der Waals surface area contributed by atoms with E-state index >= 15 is 0 Å². The van der Waals surface area contributed by atoms with Gasteiger partial charge in [-0.25, -0.2) is 4.98 Å². The summed E-state index contributed by atoms with van der Waals surface area (Å²) >= 11 is 0. The molecule has 1 aliphatic heterocycles. The number of benzene rings is 9. The third-order valence-electron chi connectivity index (χ3n) is 20.6. The lowest BCUT2D eigenvalue weighted by Crippen LogP contribution is -2.40. The molecule has 0 atom stereocenters. The van der Waals surface area contributed by atoms with Crippen LogP contribution >= 0.6 is 0 Å². The SMILES string of the molecule is CC(C)(C)c1ccc(-c2ccc(C#N)nc2)cc1.CC(C)(C)c1ccc(-c2ccc(C(=O)N3CCOCC3)cc2)cc1.CC(C)(C)c1ccc(-c2cncc(C#N)c2)cc1.CNC(=O)c1ccc(-c2ccc(C(C)(C)C)cc2)cc1.CNC(=O)c1ccc(-c2ccc(C(C)(C)C)cc2)cn1.CNC(=O)c1cccc(-c2ccc(C(C)(C)C)cc2)c1. The maximum absolute atomic E-state index is 12.5. The van der Waals surface area contributed by atoms with Gasteiger partial charge in [0.1, 0.15) is 23.5 Å². The van der Waals surface area contributed by atoms with Crippen molar-refractivity contribution in [2.75, 3.05) is 47.4 Å². The minimum Gasteiger partial charge on any atom is -0.378 e. The summed E-state index contributed by atoms with van der Waals surface area (Å²) in [4.78, 5) is 61.3. The van der Waals surface area contributed by atoms with Crippen molar-refractivity contribution in [1.82, 2.24) is 35.8 Å². The summed E-state index contributed by atoms with van der Waals surface area (Å²) < 4.78 is 5.30. The smallest absolute Gasteiger partial charge is 0.269 e. The number of hydrogen-bond donors (Lipinski definition) is 3. The first kappa shape index (κ1) is 92.8. The van der Waals surface area contributed by atoms with Crippen LogP contribution in [0.2, 0.25) is 0 Å². The molecule has 0 radical (unpaired) electrons. The van der Waals surface area contributed by atoms with Gasteiger partial charge in [-0.3, -0.25) is 29.1 Å². The van der Waals surface area contributed by atoms with Crippen molar-refractivity contribution in [3.05, 3.63) is 341 Å². The largest absolute Gasteiger partial charge is 0.378 e. The highest BCUT2D eigenvalue weighted by atomic mass is 16.5. The lowest BCUT2D eigenvalue weighted by molar-refractivity contribution is 0.0303. The molecule has 0 aliphatic carbocycles. The number of rotatable bonds is 10. The second-order valence-electron chi connectivity index (χ2n) is 35.9. The van der Waals surface area contributed by atoms with E-state index in [2.05, 4.69) is 307 Å². The monoisotopic (exact) mass is 1600 g/mol. The normalized spacial score (nSPS) is 12.0. The fourth-order valence-electron chi connectivity index (χ4n) is 12.8. The number of nitriles is 2. The Labute approximate surface area is 713 Å². The number of ether oxygens (including phenoxy) is 1. The van der Waals surface area contributed by atoms with Crippen LogP contribution < -0.4 is 16.0 Å². The Hall–Kier alpha value is -12.8. The quantitative estimate of drug-likeness (QED) is 0.118. The van der Waals surface area contributed by atoms with Gasteiger partial charge in [-0.1, -0.05) is 313 Å². The fraction of sp³-hybridized carbons (Fsp3) is 0.292. The van der Waals surface area contributed by atoms with Crippen LogP contribution in [0.1, 0.15) is 211 Å². The number of hydrogen-bond acceptors (Lipinski definition) is 10. The molecule has 9 aromatic carbocycles. The van der Waals surface area contributed by atoms with Crippen LogP contribution in [0, 0.1) is 22.7 Å². The predicted molar refractivity (Wildman–Crippen MR) is 493 cm³/mol. The number of amides is 4. The second kappa shape index (κ2) is 41.6. The van der Waals surface area contributed by atoms with Crippen LogP contribution in [0.25, 0.3) is 66.8 Å². The van der Waals surface area contributed by atoms with E-state index in [1.807, 2.05) is 102 Å². The van der Waals surface area contributed by atoms with E-state index in [9.17, 15) is 19.2 Å². The molecule has 13 rings (SSSR count). The van der Waals surface area contributed by atoms with Gasteiger partial charge in [-0.2, -0.15) is 10.5 Å². The maximum atomic E-state index is 12.5. The van der Waals surface area contributed by atoms with Crippen molar-refractivity contribution in [2.45, 2.75) is 157 Å². The van der Waals surface area contributed by atoms with Gasteiger partial charge >= 0.3 is 0 Å². The van der Waals surface area contributed by atoms with Crippen LogP contribution in [-0.2, 0) is 37.2 Å². The summed E-state index contributed by atoms with van der Waals surface area (Å²) in [5.41, 5.74) is 25.6. The van der Waals surface area contributed by atoms with Gasteiger partial charge in [0.25, 0.3) is 23.6 Å². The van der Waals surface area contributed by atoms with Crippen LogP contribution in [0.5, 0.6) is 0 Å². The Balaban J connectivity index is 0.000000180. The van der Waals surface area contributed by atoms with Crippen molar-refractivity contribution in [3.63, 3.8) is 0 Å². The van der Waals surface area contributed by atoms with Crippen molar-refractivity contribution < 1.29 is 23.9 Å². The third-order valence-corrected chi connectivity index (χ3v) is 20.6. The zero-order valence-corrected chi connectivity index (χ0v) is 74.0. The van der Waals surface area contributed by atoms with E-state index in [0.717, 1.165) is 61.2 Å². The fourth-order valence-corrected chi connectivity index (χ4v) is 12.8. The number of morpholine rings is 1. The van der Waals surface area contributed by atoms with Crippen LogP contribution in [0.15, 0.2) is 274 Å². The maximum Gasteiger partial charge on any atom is 0.269 e. The summed E-state index contributed by atoms with van der Waals surface area (Å²) in [6.07, 6.45) is 6.83. The molecule has 14 nitrogen and oxygen atoms in total. The van der Waals surface area contributed by atoms with Gasteiger partial charge < -0.3 is 25.6 Å². The van der Waals surface area contributed by atoms with Crippen molar-refractivity contribution in [2.24, 2.45) is 0 Å². The van der Waals surface area contributed by atoms with Crippen molar-refractivity contribution >= 4 is 23.6 Å².